The van der Waals surface area contributed by atoms with Crippen LogP contribution in [0.15, 0.2) is 29.2 Å². The maximum atomic E-state index is 12.1. The molecule has 1 rings (SSSR count). The highest BCUT2D eigenvalue weighted by atomic mass is 32.2. The summed E-state index contributed by atoms with van der Waals surface area (Å²) in [7, 11) is -1.77. The molecule has 0 aliphatic heterocycles. The second kappa shape index (κ2) is 7.02. The normalized spacial score (nSPS) is 12.2. The molecular formula is C14H23N3O3S. The van der Waals surface area contributed by atoms with Crippen LogP contribution in [0.1, 0.15) is 31.1 Å². The second-order valence-corrected chi connectivity index (χ2v) is 7.42. The van der Waals surface area contributed by atoms with Gasteiger partial charge >= 0.3 is 0 Å². The second-order valence-electron chi connectivity index (χ2n) is 5.74. The molecule has 0 fully saturated rings. The van der Waals surface area contributed by atoms with Crippen LogP contribution >= 0.6 is 0 Å². The molecule has 3 N–H and O–H groups in total. The average Bonchev–Trinajstić information content (AvgIpc) is 2.36. The monoisotopic (exact) mass is 313 g/mol. The Balaban J connectivity index is 2.80. The van der Waals surface area contributed by atoms with Crippen molar-refractivity contribution in [3.05, 3.63) is 29.8 Å². The maximum absolute atomic E-state index is 12.1. The number of nitrogens with one attached hydrogen (secondary N) is 3. The molecule has 0 radical (unpaired) electrons. The molecule has 1 aromatic rings. The van der Waals surface area contributed by atoms with Gasteiger partial charge in [-0.15, -0.1) is 0 Å². The van der Waals surface area contributed by atoms with Crippen molar-refractivity contribution in [3.8, 4) is 0 Å². The SMILES string of the molecule is CNCCNC(=O)c1ccc(S(=O)(=O)NC(C)(C)C)cc1. The molecule has 0 saturated heterocycles. The number of benzene rings is 1. The fourth-order valence-electron chi connectivity index (χ4n) is 1.65. The van der Waals surface area contributed by atoms with Crippen LogP contribution in [0.3, 0.4) is 0 Å². The summed E-state index contributed by atoms with van der Waals surface area (Å²) >= 11 is 0. The van der Waals surface area contributed by atoms with E-state index in [-0.39, 0.29) is 10.8 Å². The molecule has 0 heterocycles. The predicted molar refractivity (Wildman–Crippen MR) is 82.8 cm³/mol. The molecule has 1 aromatic carbocycles. The summed E-state index contributed by atoms with van der Waals surface area (Å²) in [6, 6.07) is 5.87. The molecule has 0 unspecified atom stereocenters. The first kappa shape index (κ1) is 17.6. The minimum absolute atomic E-state index is 0.143. The van der Waals surface area contributed by atoms with Gasteiger partial charge in [-0.1, -0.05) is 0 Å². The zero-order valence-electron chi connectivity index (χ0n) is 12.9. The predicted octanol–water partition coefficient (Wildman–Crippen LogP) is 0.713. The van der Waals surface area contributed by atoms with E-state index in [0.29, 0.717) is 18.7 Å². The first-order valence-corrected chi connectivity index (χ1v) is 8.21. The van der Waals surface area contributed by atoms with Crippen LogP contribution in [-0.2, 0) is 10.0 Å². The van der Waals surface area contributed by atoms with Crippen molar-refractivity contribution in [2.24, 2.45) is 0 Å². The Bertz CT molecular complexity index is 574. The molecular weight excluding hydrogens is 290 g/mol. The fourth-order valence-corrected chi connectivity index (χ4v) is 3.07. The van der Waals surface area contributed by atoms with Gasteiger partial charge in [0.25, 0.3) is 5.91 Å². The van der Waals surface area contributed by atoms with E-state index < -0.39 is 15.6 Å². The third-order valence-electron chi connectivity index (χ3n) is 2.53. The number of sulfonamides is 1. The highest BCUT2D eigenvalue weighted by Gasteiger charge is 2.22. The molecule has 0 aliphatic carbocycles. The smallest absolute Gasteiger partial charge is 0.251 e. The van der Waals surface area contributed by atoms with Crippen LogP contribution in [0, 0.1) is 0 Å². The topological polar surface area (TPSA) is 87.3 Å². The van der Waals surface area contributed by atoms with Crippen molar-refractivity contribution in [3.63, 3.8) is 0 Å². The van der Waals surface area contributed by atoms with E-state index in [1.165, 1.54) is 24.3 Å². The molecule has 0 spiro atoms. The Morgan fingerprint density at radius 2 is 1.67 bits per heavy atom. The Morgan fingerprint density at radius 3 is 2.14 bits per heavy atom. The van der Waals surface area contributed by atoms with Gasteiger partial charge in [0.05, 0.1) is 4.90 Å². The first-order valence-electron chi connectivity index (χ1n) is 6.72. The zero-order valence-corrected chi connectivity index (χ0v) is 13.7. The van der Waals surface area contributed by atoms with E-state index in [1.807, 2.05) is 0 Å². The Hall–Kier alpha value is -1.44. The summed E-state index contributed by atoms with van der Waals surface area (Å²) in [5.41, 5.74) is -0.122. The Labute approximate surface area is 126 Å². The number of hydrogen-bond donors (Lipinski definition) is 3. The van der Waals surface area contributed by atoms with Gasteiger partial charge in [0.2, 0.25) is 10.0 Å². The van der Waals surface area contributed by atoms with Gasteiger partial charge in [0.1, 0.15) is 0 Å². The summed E-state index contributed by atoms with van der Waals surface area (Å²) in [6.45, 7) is 6.51. The minimum atomic E-state index is -3.57. The van der Waals surface area contributed by atoms with Crippen molar-refractivity contribution >= 4 is 15.9 Å². The van der Waals surface area contributed by atoms with Crippen molar-refractivity contribution in [2.45, 2.75) is 31.2 Å². The van der Waals surface area contributed by atoms with Gasteiger partial charge in [0.15, 0.2) is 0 Å². The van der Waals surface area contributed by atoms with Crippen LogP contribution in [0.25, 0.3) is 0 Å². The lowest BCUT2D eigenvalue weighted by atomic mass is 10.1. The summed E-state index contributed by atoms with van der Waals surface area (Å²) in [5, 5.41) is 5.65. The summed E-state index contributed by atoms with van der Waals surface area (Å²) < 4.78 is 26.8. The molecule has 0 aliphatic rings. The van der Waals surface area contributed by atoms with Crippen molar-refractivity contribution < 1.29 is 13.2 Å². The van der Waals surface area contributed by atoms with E-state index in [9.17, 15) is 13.2 Å². The molecule has 0 saturated carbocycles. The number of hydrogen-bond acceptors (Lipinski definition) is 4. The van der Waals surface area contributed by atoms with Gasteiger partial charge in [-0.2, -0.15) is 0 Å². The van der Waals surface area contributed by atoms with Crippen molar-refractivity contribution in [1.82, 2.24) is 15.4 Å². The number of likely N-dealkylation sites (N-methyl/N-ethyl adjacent to an activating group) is 1. The molecule has 0 atom stereocenters. The number of carbonyl (C=O) groups excluding carboxylic acids is 1. The number of amides is 1. The zero-order chi connectivity index (χ0) is 16.1. The van der Waals surface area contributed by atoms with E-state index >= 15 is 0 Å². The van der Waals surface area contributed by atoms with Gasteiger partial charge in [-0.05, 0) is 52.1 Å². The first-order chi connectivity index (χ1) is 9.65. The molecule has 7 heteroatoms. The molecule has 1 amide bonds. The van der Waals surface area contributed by atoms with E-state index in [4.69, 9.17) is 0 Å². The van der Waals surface area contributed by atoms with Crippen LogP contribution in [0.5, 0.6) is 0 Å². The molecule has 21 heavy (non-hydrogen) atoms. The lowest BCUT2D eigenvalue weighted by molar-refractivity contribution is 0.0954. The maximum Gasteiger partial charge on any atom is 0.251 e. The Morgan fingerprint density at radius 1 is 1.10 bits per heavy atom. The lowest BCUT2D eigenvalue weighted by Crippen LogP contribution is -2.40. The van der Waals surface area contributed by atoms with Crippen LogP contribution in [0.4, 0.5) is 0 Å². The summed E-state index contributed by atoms with van der Waals surface area (Å²) in [6.07, 6.45) is 0. The van der Waals surface area contributed by atoms with Crippen LogP contribution in [0.2, 0.25) is 0 Å². The third-order valence-corrected chi connectivity index (χ3v) is 4.30. The van der Waals surface area contributed by atoms with Gasteiger partial charge in [0, 0.05) is 24.2 Å². The van der Waals surface area contributed by atoms with Gasteiger partial charge < -0.3 is 10.6 Å². The summed E-state index contributed by atoms with van der Waals surface area (Å²) in [4.78, 5) is 11.9. The van der Waals surface area contributed by atoms with Crippen molar-refractivity contribution in [2.75, 3.05) is 20.1 Å². The van der Waals surface area contributed by atoms with Crippen LogP contribution in [-0.4, -0.2) is 40.0 Å². The minimum Gasteiger partial charge on any atom is -0.351 e. The average molecular weight is 313 g/mol. The highest BCUT2D eigenvalue weighted by molar-refractivity contribution is 7.89. The molecule has 118 valence electrons. The molecule has 0 bridgehead atoms. The lowest BCUT2D eigenvalue weighted by Gasteiger charge is -2.20. The number of rotatable bonds is 6. The number of carbonyl (C=O) groups is 1. The standard InChI is InChI=1S/C14H23N3O3S/c1-14(2,3)17-21(19,20)12-7-5-11(6-8-12)13(18)16-10-9-15-4/h5-8,15,17H,9-10H2,1-4H3,(H,16,18). The largest absolute Gasteiger partial charge is 0.351 e. The van der Waals surface area contributed by atoms with E-state index in [2.05, 4.69) is 15.4 Å². The fraction of sp³-hybridized carbons (Fsp3) is 0.500. The summed E-state index contributed by atoms with van der Waals surface area (Å²) in [5.74, 6) is -0.224. The third kappa shape index (κ3) is 5.82. The van der Waals surface area contributed by atoms with Gasteiger partial charge in [-0.3, -0.25) is 4.79 Å². The molecule has 0 aromatic heterocycles. The van der Waals surface area contributed by atoms with E-state index in [0.717, 1.165) is 0 Å². The van der Waals surface area contributed by atoms with Crippen molar-refractivity contribution in [1.29, 1.82) is 0 Å². The van der Waals surface area contributed by atoms with E-state index in [1.54, 1.807) is 27.8 Å². The quantitative estimate of drug-likeness (QED) is 0.675. The van der Waals surface area contributed by atoms with Crippen LogP contribution < -0.4 is 15.4 Å². The van der Waals surface area contributed by atoms with Gasteiger partial charge in [-0.25, -0.2) is 13.1 Å². The highest BCUT2D eigenvalue weighted by Crippen LogP contribution is 2.13. The Kier molecular flexibility index (Phi) is 5.88. The molecule has 6 nitrogen and oxygen atoms in total.